The highest BCUT2D eigenvalue weighted by Crippen LogP contribution is 2.29. The summed E-state index contributed by atoms with van der Waals surface area (Å²) in [6.45, 7) is 3.37. The number of hydrogen-bond donors (Lipinski definition) is 2. The van der Waals surface area contributed by atoms with E-state index in [1.54, 1.807) is 12.1 Å². The van der Waals surface area contributed by atoms with Crippen molar-refractivity contribution < 1.29 is 15.0 Å². The zero-order valence-electron chi connectivity index (χ0n) is 9.89. The van der Waals surface area contributed by atoms with E-state index in [1.165, 1.54) is 5.56 Å². The van der Waals surface area contributed by atoms with Crippen LogP contribution in [-0.4, -0.2) is 35.4 Å². The van der Waals surface area contributed by atoms with Crippen molar-refractivity contribution in [2.75, 3.05) is 18.0 Å². The molecule has 4 nitrogen and oxygen atoms in total. The molecular formula is C13H17NO3. The van der Waals surface area contributed by atoms with Crippen LogP contribution in [0.2, 0.25) is 0 Å². The molecule has 1 aliphatic rings. The Balaban J connectivity index is 2.23. The third-order valence-corrected chi connectivity index (χ3v) is 3.23. The number of carboxylic acids is 1. The molecule has 0 saturated carbocycles. The Morgan fingerprint density at radius 2 is 2.29 bits per heavy atom. The maximum atomic E-state index is 10.9. The summed E-state index contributed by atoms with van der Waals surface area (Å²) in [5.41, 5.74) is 2.43. The van der Waals surface area contributed by atoms with Gasteiger partial charge >= 0.3 is 5.97 Å². The van der Waals surface area contributed by atoms with Gasteiger partial charge < -0.3 is 15.1 Å². The first kappa shape index (κ1) is 11.9. The molecular weight excluding hydrogens is 218 g/mol. The standard InChI is InChI=1S/C13H17NO3/c1-2-11(15)8-14-6-5-9-3-4-10(13(16)17)7-12(9)14/h3-4,7,11,15H,2,5-6,8H2,1H3,(H,16,17). The van der Waals surface area contributed by atoms with Gasteiger partial charge in [0.2, 0.25) is 0 Å². The van der Waals surface area contributed by atoms with Crippen LogP contribution in [0.1, 0.15) is 29.3 Å². The Labute approximate surface area is 100 Å². The molecule has 1 atom stereocenters. The topological polar surface area (TPSA) is 60.8 Å². The molecule has 0 saturated heterocycles. The predicted molar refractivity (Wildman–Crippen MR) is 65.6 cm³/mol. The van der Waals surface area contributed by atoms with Gasteiger partial charge in [0.25, 0.3) is 0 Å². The maximum absolute atomic E-state index is 10.9. The Kier molecular flexibility index (Phi) is 3.33. The third kappa shape index (κ3) is 2.42. The van der Waals surface area contributed by atoms with Crippen molar-refractivity contribution in [2.45, 2.75) is 25.9 Å². The lowest BCUT2D eigenvalue weighted by atomic mass is 10.1. The molecule has 1 aromatic rings. The van der Waals surface area contributed by atoms with E-state index in [0.717, 1.165) is 18.7 Å². The van der Waals surface area contributed by atoms with Crippen LogP contribution in [-0.2, 0) is 6.42 Å². The molecule has 17 heavy (non-hydrogen) atoms. The van der Waals surface area contributed by atoms with Gasteiger partial charge in [-0.3, -0.25) is 0 Å². The SMILES string of the molecule is CCC(O)CN1CCc2ccc(C(=O)O)cc21. The summed E-state index contributed by atoms with van der Waals surface area (Å²) in [5, 5.41) is 18.6. The van der Waals surface area contributed by atoms with Crippen molar-refractivity contribution in [1.82, 2.24) is 0 Å². The summed E-state index contributed by atoms with van der Waals surface area (Å²) in [7, 11) is 0. The Bertz CT molecular complexity index is 431. The van der Waals surface area contributed by atoms with E-state index < -0.39 is 5.97 Å². The molecule has 0 radical (unpaired) electrons. The number of aliphatic hydroxyl groups is 1. The number of carbonyl (C=O) groups is 1. The fraction of sp³-hybridized carbons (Fsp3) is 0.462. The maximum Gasteiger partial charge on any atom is 0.335 e. The number of hydrogen-bond acceptors (Lipinski definition) is 3. The van der Waals surface area contributed by atoms with Crippen LogP contribution in [0.4, 0.5) is 5.69 Å². The molecule has 0 aliphatic carbocycles. The van der Waals surface area contributed by atoms with Crippen molar-refractivity contribution in [2.24, 2.45) is 0 Å². The second-order valence-corrected chi connectivity index (χ2v) is 4.41. The number of aromatic carboxylic acids is 1. The molecule has 0 amide bonds. The summed E-state index contributed by atoms with van der Waals surface area (Å²) in [4.78, 5) is 13.0. The number of benzene rings is 1. The third-order valence-electron chi connectivity index (χ3n) is 3.23. The molecule has 0 spiro atoms. The van der Waals surface area contributed by atoms with Crippen molar-refractivity contribution in [1.29, 1.82) is 0 Å². The fourth-order valence-electron chi connectivity index (χ4n) is 2.15. The van der Waals surface area contributed by atoms with Crippen LogP contribution in [0.3, 0.4) is 0 Å². The summed E-state index contributed by atoms with van der Waals surface area (Å²) >= 11 is 0. The number of nitrogens with zero attached hydrogens (tertiary/aromatic N) is 1. The van der Waals surface area contributed by atoms with Gasteiger partial charge in [0.15, 0.2) is 0 Å². The smallest absolute Gasteiger partial charge is 0.335 e. The lowest BCUT2D eigenvalue weighted by Gasteiger charge is -2.22. The van der Waals surface area contributed by atoms with Gasteiger partial charge in [-0.2, -0.15) is 0 Å². The quantitative estimate of drug-likeness (QED) is 0.830. The van der Waals surface area contributed by atoms with Crippen molar-refractivity contribution in [3.8, 4) is 0 Å². The molecule has 4 heteroatoms. The summed E-state index contributed by atoms with van der Waals surface area (Å²) in [6.07, 6.45) is 1.28. The van der Waals surface area contributed by atoms with E-state index in [1.807, 2.05) is 13.0 Å². The Morgan fingerprint density at radius 3 is 2.94 bits per heavy atom. The molecule has 1 unspecified atom stereocenters. The van der Waals surface area contributed by atoms with E-state index in [2.05, 4.69) is 4.90 Å². The number of aliphatic hydroxyl groups excluding tert-OH is 1. The van der Waals surface area contributed by atoms with Crippen molar-refractivity contribution in [3.63, 3.8) is 0 Å². The minimum absolute atomic E-state index is 0.307. The number of anilines is 1. The molecule has 2 rings (SSSR count). The zero-order valence-corrected chi connectivity index (χ0v) is 9.89. The van der Waals surface area contributed by atoms with Gasteiger partial charge in [0.05, 0.1) is 11.7 Å². The average molecular weight is 235 g/mol. The van der Waals surface area contributed by atoms with Crippen LogP contribution in [0.25, 0.3) is 0 Å². The molecule has 2 N–H and O–H groups in total. The highest BCUT2D eigenvalue weighted by molar-refractivity contribution is 5.89. The number of carboxylic acid groups (broad SMARTS) is 1. The number of rotatable bonds is 4. The molecule has 1 aliphatic heterocycles. The summed E-state index contributed by atoms with van der Waals surface area (Å²) in [6, 6.07) is 5.21. The molecule has 0 fully saturated rings. The monoisotopic (exact) mass is 235 g/mol. The zero-order chi connectivity index (χ0) is 12.4. The summed E-state index contributed by atoms with van der Waals surface area (Å²) < 4.78 is 0. The van der Waals surface area contributed by atoms with E-state index >= 15 is 0 Å². The first-order valence-electron chi connectivity index (χ1n) is 5.91. The first-order valence-corrected chi connectivity index (χ1v) is 5.91. The van der Waals surface area contributed by atoms with E-state index in [-0.39, 0.29) is 6.10 Å². The fourth-order valence-corrected chi connectivity index (χ4v) is 2.15. The normalized spacial score (nSPS) is 15.8. The van der Waals surface area contributed by atoms with Crippen molar-refractivity contribution >= 4 is 11.7 Å². The largest absolute Gasteiger partial charge is 0.478 e. The second kappa shape index (κ2) is 4.75. The molecule has 92 valence electrons. The van der Waals surface area contributed by atoms with Gasteiger partial charge in [-0.05, 0) is 30.5 Å². The van der Waals surface area contributed by atoms with Gasteiger partial charge in [-0.25, -0.2) is 4.79 Å². The Morgan fingerprint density at radius 1 is 1.53 bits per heavy atom. The van der Waals surface area contributed by atoms with E-state index in [0.29, 0.717) is 18.5 Å². The molecule has 0 aromatic heterocycles. The average Bonchev–Trinajstić information content (AvgIpc) is 2.71. The van der Waals surface area contributed by atoms with Gasteiger partial charge in [-0.15, -0.1) is 0 Å². The summed E-state index contributed by atoms with van der Waals surface area (Å²) in [5.74, 6) is -0.907. The van der Waals surface area contributed by atoms with Crippen molar-refractivity contribution in [3.05, 3.63) is 29.3 Å². The van der Waals surface area contributed by atoms with Crippen LogP contribution in [0.15, 0.2) is 18.2 Å². The van der Waals surface area contributed by atoms with Crippen LogP contribution >= 0.6 is 0 Å². The molecule has 0 bridgehead atoms. The minimum atomic E-state index is -0.907. The van der Waals surface area contributed by atoms with E-state index in [9.17, 15) is 9.90 Å². The minimum Gasteiger partial charge on any atom is -0.478 e. The highest BCUT2D eigenvalue weighted by Gasteiger charge is 2.21. The number of fused-ring (bicyclic) bond motifs is 1. The second-order valence-electron chi connectivity index (χ2n) is 4.41. The van der Waals surface area contributed by atoms with Crippen LogP contribution in [0.5, 0.6) is 0 Å². The first-order chi connectivity index (χ1) is 8.11. The number of β-amino-alcohol motifs (C(OH)–C–C–N with tert-alkyl or cyclic N) is 1. The lowest BCUT2D eigenvalue weighted by molar-refractivity contribution is 0.0697. The van der Waals surface area contributed by atoms with Gasteiger partial charge in [0.1, 0.15) is 0 Å². The van der Waals surface area contributed by atoms with Crippen LogP contribution in [0, 0.1) is 0 Å². The molecule has 1 heterocycles. The predicted octanol–water partition coefficient (Wildman–Crippen LogP) is 1.52. The van der Waals surface area contributed by atoms with E-state index in [4.69, 9.17) is 5.11 Å². The highest BCUT2D eigenvalue weighted by atomic mass is 16.4. The molecule has 1 aromatic carbocycles. The van der Waals surface area contributed by atoms with Gasteiger partial charge in [0, 0.05) is 18.8 Å². The lowest BCUT2D eigenvalue weighted by Crippen LogP contribution is -2.30. The Hall–Kier alpha value is -1.55. The van der Waals surface area contributed by atoms with Gasteiger partial charge in [-0.1, -0.05) is 13.0 Å². The van der Waals surface area contributed by atoms with Crippen LogP contribution < -0.4 is 4.90 Å².